The van der Waals surface area contributed by atoms with Gasteiger partial charge in [0.25, 0.3) is 0 Å². The lowest BCUT2D eigenvalue weighted by Gasteiger charge is -2.09. The quantitative estimate of drug-likeness (QED) is 0.388. The van der Waals surface area contributed by atoms with Gasteiger partial charge < -0.3 is 15.7 Å². The van der Waals surface area contributed by atoms with Crippen LogP contribution in [0.1, 0.15) is 22.3 Å². The van der Waals surface area contributed by atoms with Crippen LogP contribution in [0.5, 0.6) is 5.75 Å². The van der Waals surface area contributed by atoms with E-state index in [2.05, 4.69) is 37.2 Å². The molecule has 104 valence electrons. The van der Waals surface area contributed by atoms with E-state index in [1.54, 1.807) is 12.1 Å². The predicted molar refractivity (Wildman–Crippen MR) is 79.2 cm³/mol. The van der Waals surface area contributed by atoms with Crippen molar-refractivity contribution >= 4 is 5.84 Å². The fourth-order valence-corrected chi connectivity index (χ4v) is 1.86. The Morgan fingerprint density at radius 3 is 2.65 bits per heavy atom. The second-order valence-corrected chi connectivity index (χ2v) is 4.72. The van der Waals surface area contributed by atoms with Gasteiger partial charge in [0.15, 0.2) is 5.84 Å². The molecule has 0 aliphatic rings. The Bertz CT molecular complexity index is 636. The Morgan fingerprint density at radius 2 is 1.95 bits per heavy atom. The zero-order valence-electron chi connectivity index (χ0n) is 11.6. The number of hydrogen-bond acceptors (Lipinski definition) is 3. The van der Waals surface area contributed by atoms with Crippen LogP contribution >= 0.6 is 0 Å². The Kier molecular flexibility index (Phi) is 4.25. The van der Waals surface area contributed by atoms with E-state index in [1.807, 2.05) is 12.1 Å². The molecule has 0 saturated carbocycles. The summed E-state index contributed by atoms with van der Waals surface area (Å²) < 4.78 is 5.73. The summed E-state index contributed by atoms with van der Waals surface area (Å²) in [5.41, 5.74) is 9.81. The second kappa shape index (κ2) is 6.10. The molecule has 0 saturated heterocycles. The third-order valence-corrected chi connectivity index (χ3v) is 3.21. The smallest absolute Gasteiger partial charge is 0.170 e. The standard InChI is InChI=1S/C16H18N2O2/c1-11-6-7-13(8-12(11)2)10-20-15-5-3-4-14(9-15)16(17)18-19/h3-9,19H,10H2,1-2H3,(H2,17,18). The van der Waals surface area contributed by atoms with Crippen molar-refractivity contribution < 1.29 is 9.94 Å². The van der Waals surface area contributed by atoms with Crippen molar-refractivity contribution in [3.63, 3.8) is 0 Å². The van der Waals surface area contributed by atoms with Crippen molar-refractivity contribution in [2.24, 2.45) is 10.9 Å². The number of nitrogens with two attached hydrogens (primary N) is 1. The predicted octanol–water partition coefficient (Wildman–Crippen LogP) is 2.98. The number of hydrogen-bond donors (Lipinski definition) is 2. The van der Waals surface area contributed by atoms with E-state index in [-0.39, 0.29) is 5.84 Å². The molecule has 2 rings (SSSR count). The Hall–Kier alpha value is -2.49. The molecule has 2 aromatic rings. The Labute approximate surface area is 118 Å². The lowest BCUT2D eigenvalue weighted by molar-refractivity contribution is 0.306. The molecule has 0 radical (unpaired) electrons. The summed E-state index contributed by atoms with van der Waals surface area (Å²) in [6.07, 6.45) is 0. The monoisotopic (exact) mass is 270 g/mol. The molecule has 0 aliphatic heterocycles. The number of aryl methyl sites for hydroxylation is 2. The van der Waals surface area contributed by atoms with Gasteiger partial charge in [-0.2, -0.15) is 0 Å². The molecule has 0 atom stereocenters. The van der Waals surface area contributed by atoms with Crippen molar-refractivity contribution in [2.75, 3.05) is 0 Å². The van der Waals surface area contributed by atoms with Gasteiger partial charge in [-0.1, -0.05) is 35.5 Å². The minimum absolute atomic E-state index is 0.0710. The van der Waals surface area contributed by atoms with Crippen LogP contribution in [0, 0.1) is 13.8 Å². The number of benzene rings is 2. The minimum atomic E-state index is 0.0710. The molecular formula is C16H18N2O2. The molecule has 4 heteroatoms. The average molecular weight is 270 g/mol. The van der Waals surface area contributed by atoms with Gasteiger partial charge in [0.1, 0.15) is 12.4 Å². The van der Waals surface area contributed by atoms with Crippen LogP contribution in [0.2, 0.25) is 0 Å². The summed E-state index contributed by atoms with van der Waals surface area (Å²) in [7, 11) is 0. The van der Waals surface area contributed by atoms with Crippen molar-refractivity contribution in [1.82, 2.24) is 0 Å². The van der Waals surface area contributed by atoms with Gasteiger partial charge in [0.2, 0.25) is 0 Å². The van der Waals surface area contributed by atoms with Crippen molar-refractivity contribution in [2.45, 2.75) is 20.5 Å². The SMILES string of the molecule is Cc1ccc(COc2cccc(C(N)=NO)c2)cc1C. The first-order chi connectivity index (χ1) is 9.60. The molecular weight excluding hydrogens is 252 g/mol. The van der Waals surface area contributed by atoms with E-state index in [0.717, 1.165) is 5.56 Å². The van der Waals surface area contributed by atoms with Gasteiger partial charge in [0.05, 0.1) is 0 Å². The molecule has 0 aromatic heterocycles. The fourth-order valence-electron chi connectivity index (χ4n) is 1.86. The van der Waals surface area contributed by atoms with Crippen molar-refractivity contribution in [3.05, 3.63) is 64.7 Å². The molecule has 3 N–H and O–H groups in total. The highest BCUT2D eigenvalue weighted by Crippen LogP contribution is 2.16. The first kappa shape index (κ1) is 13.9. The van der Waals surface area contributed by atoms with Crippen LogP contribution < -0.4 is 10.5 Å². The fraction of sp³-hybridized carbons (Fsp3) is 0.188. The van der Waals surface area contributed by atoms with E-state index in [1.165, 1.54) is 11.1 Å². The maximum Gasteiger partial charge on any atom is 0.170 e. The van der Waals surface area contributed by atoms with E-state index >= 15 is 0 Å². The second-order valence-electron chi connectivity index (χ2n) is 4.72. The first-order valence-corrected chi connectivity index (χ1v) is 6.37. The summed E-state index contributed by atoms with van der Waals surface area (Å²) in [5, 5.41) is 11.6. The van der Waals surface area contributed by atoms with Crippen molar-refractivity contribution in [1.29, 1.82) is 0 Å². The van der Waals surface area contributed by atoms with Gasteiger partial charge in [0, 0.05) is 5.56 Å². The normalized spacial score (nSPS) is 11.4. The molecule has 0 amide bonds. The third kappa shape index (κ3) is 3.29. The molecule has 0 heterocycles. The molecule has 0 fully saturated rings. The summed E-state index contributed by atoms with van der Waals surface area (Å²) >= 11 is 0. The zero-order chi connectivity index (χ0) is 14.5. The van der Waals surface area contributed by atoms with Crippen LogP contribution in [0.3, 0.4) is 0 Å². The highest BCUT2D eigenvalue weighted by Gasteiger charge is 2.02. The average Bonchev–Trinajstić information content (AvgIpc) is 2.48. The van der Waals surface area contributed by atoms with Crippen molar-refractivity contribution in [3.8, 4) is 5.75 Å². The number of rotatable bonds is 4. The van der Waals surface area contributed by atoms with E-state index in [4.69, 9.17) is 15.7 Å². The van der Waals surface area contributed by atoms with Crippen LogP contribution in [0.25, 0.3) is 0 Å². The lowest BCUT2D eigenvalue weighted by Crippen LogP contribution is -2.12. The summed E-state index contributed by atoms with van der Waals surface area (Å²) in [6.45, 7) is 4.65. The summed E-state index contributed by atoms with van der Waals surface area (Å²) in [4.78, 5) is 0. The summed E-state index contributed by atoms with van der Waals surface area (Å²) in [5.74, 6) is 0.758. The van der Waals surface area contributed by atoms with Gasteiger partial charge in [-0.25, -0.2) is 0 Å². The van der Waals surface area contributed by atoms with Gasteiger partial charge in [-0.05, 0) is 42.7 Å². The van der Waals surface area contributed by atoms with Crippen LogP contribution in [-0.4, -0.2) is 11.0 Å². The van der Waals surface area contributed by atoms with E-state index in [9.17, 15) is 0 Å². The molecule has 0 aliphatic carbocycles. The maximum atomic E-state index is 8.67. The van der Waals surface area contributed by atoms with Gasteiger partial charge in [-0.3, -0.25) is 0 Å². The molecule has 0 bridgehead atoms. The minimum Gasteiger partial charge on any atom is -0.489 e. The number of amidine groups is 1. The third-order valence-electron chi connectivity index (χ3n) is 3.21. The topological polar surface area (TPSA) is 67.8 Å². The number of oxime groups is 1. The first-order valence-electron chi connectivity index (χ1n) is 6.37. The number of nitrogens with zero attached hydrogens (tertiary/aromatic N) is 1. The Balaban J connectivity index is 2.09. The molecule has 0 spiro atoms. The van der Waals surface area contributed by atoms with Crippen LogP contribution in [0.4, 0.5) is 0 Å². The zero-order valence-corrected chi connectivity index (χ0v) is 11.6. The van der Waals surface area contributed by atoms with E-state index < -0.39 is 0 Å². The molecule has 4 nitrogen and oxygen atoms in total. The largest absolute Gasteiger partial charge is 0.489 e. The van der Waals surface area contributed by atoms with Gasteiger partial charge in [-0.15, -0.1) is 0 Å². The molecule has 0 unspecified atom stereocenters. The maximum absolute atomic E-state index is 8.67. The summed E-state index contributed by atoms with van der Waals surface area (Å²) in [6, 6.07) is 13.4. The van der Waals surface area contributed by atoms with Crippen LogP contribution in [0.15, 0.2) is 47.6 Å². The molecule has 2 aromatic carbocycles. The lowest BCUT2D eigenvalue weighted by atomic mass is 10.1. The molecule has 20 heavy (non-hydrogen) atoms. The van der Waals surface area contributed by atoms with Crippen LogP contribution in [-0.2, 0) is 6.61 Å². The number of ether oxygens (including phenoxy) is 1. The Morgan fingerprint density at radius 1 is 1.15 bits per heavy atom. The highest BCUT2D eigenvalue weighted by atomic mass is 16.5. The van der Waals surface area contributed by atoms with E-state index in [0.29, 0.717) is 17.9 Å². The van der Waals surface area contributed by atoms with Gasteiger partial charge >= 0.3 is 0 Å². The highest BCUT2D eigenvalue weighted by molar-refractivity contribution is 5.97.